The molecule has 0 saturated carbocycles. The third-order valence-corrected chi connectivity index (χ3v) is 5.39. The zero-order valence-electron chi connectivity index (χ0n) is 18.9. The molecule has 4 rings (SSSR count). The zero-order chi connectivity index (χ0) is 22.9. The normalized spacial score (nSPS) is 19.2. The van der Waals surface area contributed by atoms with Crippen LogP contribution in [0.25, 0.3) is 11.0 Å². The number of carbonyl (C=O) groups is 1. The highest BCUT2D eigenvalue weighted by Gasteiger charge is 2.34. The maximum Gasteiger partial charge on any atom is 0.410 e. The van der Waals surface area contributed by atoms with Crippen LogP contribution in [0.15, 0.2) is 36.7 Å². The number of aliphatic hydroxyl groups excluding tert-OH is 1. The number of hydrogen-bond acceptors (Lipinski definition) is 7. The van der Waals surface area contributed by atoms with Gasteiger partial charge in [0.15, 0.2) is 5.65 Å². The number of aliphatic hydroxyl groups is 1. The summed E-state index contributed by atoms with van der Waals surface area (Å²) in [5.41, 5.74) is 1.11. The van der Waals surface area contributed by atoms with E-state index in [4.69, 9.17) is 9.47 Å². The zero-order valence-corrected chi connectivity index (χ0v) is 18.9. The monoisotopic (exact) mass is 439 g/mol. The molecule has 170 valence electrons. The van der Waals surface area contributed by atoms with E-state index in [9.17, 15) is 9.90 Å². The lowest BCUT2D eigenvalue weighted by molar-refractivity contribution is -0.00231. The number of aromatic nitrogens is 4. The van der Waals surface area contributed by atoms with Crippen LogP contribution >= 0.6 is 0 Å². The molecule has 3 aromatic rings. The van der Waals surface area contributed by atoms with E-state index in [0.29, 0.717) is 31.0 Å². The van der Waals surface area contributed by atoms with Crippen LogP contribution in [0.2, 0.25) is 0 Å². The summed E-state index contributed by atoms with van der Waals surface area (Å²) in [6, 6.07) is 7.83. The molecule has 1 aliphatic heterocycles. The van der Waals surface area contributed by atoms with Crippen LogP contribution in [0.4, 0.5) is 4.79 Å². The van der Waals surface area contributed by atoms with Crippen molar-refractivity contribution in [2.45, 2.75) is 51.4 Å². The van der Waals surface area contributed by atoms with Crippen molar-refractivity contribution in [1.82, 2.24) is 24.6 Å². The van der Waals surface area contributed by atoms with Gasteiger partial charge in [-0.25, -0.2) is 14.8 Å². The Hall–Kier alpha value is -3.20. The summed E-state index contributed by atoms with van der Waals surface area (Å²) < 4.78 is 12.4. The number of β-amino-alcohol motifs (C(OH)–C–C–N with tert-alkyl or cyclic N) is 1. The van der Waals surface area contributed by atoms with Gasteiger partial charge in [-0.05, 0) is 44.9 Å². The predicted molar refractivity (Wildman–Crippen MR) is 119 cm³/mol. The minimum Gasteiger partial charge on any atom is -0.497 e. The maximum absolute atomic E-state index is 12.3. The summed E-state index contributed by atoms with van der Waals surface area (Å²) in [6.45, 7) is 6.74. The fourth-order valence-corrected chi connectivity index (χ4v) is 3.78. The first kappa shape index (κ1) is 22.0. The van der Waals surface area contributed by atoms with Crippen LogP contribution < -0.4 is 4.74 Å². The lowest BCUT2D eigenvalue weighted by atomic mass is 9.93. The maximum atomic E-state index is 12.3. The first-order valence-electron chi connectivity index (χ1n) is 10.7. The van der Waals surface area contributed by atoms with E-state index in [0.717, 1.165) is 16.7 Å². The Morgan fingerprint density at radius 3 is 2.66 bits per heavy atom. The SMILES string of the molecule is COc1ccc(Cn2cc3cnc(C4CCN(C(=O)OC(C)(C)C)CC4O)nc3n2)cc1. The minimum absolute atomic E-state index is 0.187. The van der Waals surface area contributed by atoms with Gasteiger partial charge in [0.05, 0.1) is 31.7 Å². The molecule has 3 heterocycles. The predicted octanol–water partition coefficient (Wildman–Crippen LogP) is 2.97. The second-order valence-electron chi connectivity index (χ2n) is 9.07. The Morgan fingerprint density at radius 1 is 1.25 bits per heavy atom. The Kier molecular flexibility index (Phi) is 6.01. The summed E-state index contributed by atoms with van der Waals surface area (Å²) in [6.07, 6.45) is 3.02. The van der Waals surface area contributed by atoms with Crippen molar-refractivity contribution in [3.8, 4) is 5.75 Å². The topological polar surface area (TPSA) is 103 Å². The van der Waals surface area contributed by atoms with E-state index in [-0.39, 0.29) is 12.5 Å². The van der Waals surface area contributed by atoms with Crippen molar-refractivity contribution in [1.29, 1.82) is 0 Å². The van der Waals surface area contributed by atoms with Gasteiger partial charge in [-0.2, -0.15) is 5.10 Å². The van der Waals surface area contributed by atoms with Crippen molar-refractivity contribution >= 4 is 17.1 Å². The van der Waals surface area contributed by atoms with E-state index in [1.807, 2.05) is 55.9 Å². The van der Waals surface area contributed by atoms with Gasteiger partial charge in [0.1, 0.15) is 17.2 Å². The van der Waals surface area contributed by atoms with Gasteiger partial charge in [0, 0.05) is 24.9 Å². The van der Waals surface area contributed by atoms with Gasteiger partial charge in [-0.15, -0.1) is 0 Å². The van der Waals surface area contributed by atoms with E-state index >= 15 is 0 Å². The highest BCUT2D eigenvalue weighted by atomic mass is 16.6. The highest BCUT2D eigenvalue weighted by Crippen LogP contribution is 2.28. The van der Waals surface area contributed by atoms with Gasteiger partial charge in [-0.1, -0.05) is 12.1 Å². The number of hydrogen-bond donors (Lipinski definition) is 1. The molecule has 2 aromatic heterocycles. The van der Waals surface area contributed by atoms with Gasteiger partial charge >= 0.3 is 6.09 Å². The molecule has 1 fully saturated rings. The molecule has 1 amide bonds. The van der Waals surface area contributed by atoms with Crippen molar-refractivity contribution in [3.05, 3.63) is 48.0 Å². The molecule has 32 heavy (non-hydrogen) atoms. The van der Waals surface area contributed by atoms with Crippen molar-refractivity contribution in [2.24, 2.45) is 0 Å². The summed E-state index contributed by atoms with van der Waals surface area (Å²) >= 11 is 0. The summed E-state index contributed by atoms with van der Waals surface area (Å²) in [7, 11) is 1.64. The molecular weight excluding hydrogens is 410 g/mol. The molecule has 1 aliphatic rings. The van der Waals surface area contributed by atoms with Gasteiger partial charge in [0.2, 0.25) is 0 Å². The van der Waals surface area contributed by atoms with Crippen molar-refractivity contribution in [3.63, 3.8) is 0 Å². The minimum atomic E-state index is -0.768. The summed E-state index contributed by atoms with van der Waals surface area (Å²) in [4.78, 5) is 22.9. The van der Waals surface area contributed by atoms with Crippen molar-refractivity contribution < 1.29 is 19.4 Å². The van der Waals surface area contributed by atoms with E-state index in [1.165, 1.54) is 4.90 Å². The summed E-state index contributed by atoms with van der Waals surface area (Å²) in [5.74, 6) is 1.10. The smallest absolute Gasteiger partial charge is 0.410 e. The molecule has 0 aliphatic carbocycles. The molecule has 0 radical (unpaired) electrons. The quantitative estimate of drug-likeness (QED) is 0.667. The van der Waals surface area contributed by atoms with E-state index in [1.54, 1.807) is 13.3 Å². The van der Waals surface area contributed by atoms with Crippen LogP contribution in [0, 0.1) is 0 Å². The number of fused-ring (bicyclic) bond motifs is 1. The fraction of sp³-hybridized carbons (Fsp3) is 0.478. The molecular formula is C23H29N5O4. The number of nitrogens with zero attached hydrogens (tertiary/aromatic N) is 5. The van der Waals surface area contributed by atoms with Gasteiger partial charge < -0.3 is 19.5 Å². The number of carbonyl (C=O) groups excluding carboxylic acids is 1. The number of rotatable bonds is 4. The van der Waals surface area contributed by atoms with E-state index in [2.05, 4.69) is 15.1 Å². The van der Waals surface area contributed by atoms with Crippen molar-refractivity contribution in [2.75, 3.05) is 20.2 Å². The summed E-state index contributed by atoms with van der Waals surface area (Å²) in [5, 5.41) is 16.1. The van der Waals surface area contributed by atoms with Crippen LogP contribution in [0.1, 0.15) is 44.5 Å². The van der Waals surface area contributed by atoms with Crippen LogP contribution in [-0.4, -0.2) is 67.8 Å². The molecule has 1 aromatic carbocycles. The molecule has 9 heteroatoms. The molecule has 0 bridgehead atoms. The number of amides is 1. The first-order valence-corrected chi connectivity index (χ1v) is 10.7. The lowest BCUT2D eigenvalue weighted by Crippen LogP contribution is -2.47. The Bertz CT molecular complexity index is 1090. The third kappa shape index (κ3) is 4.99. The number of ether oxygens (including phenoxy) is 2. The van der Waals surface area contributed by atoms with Crippen LogP contribution in [0.5, 0.6) is 5.75 Å². The fourth-order valence-electron chi connectivity index (χ4n) is 3.78. The third-order valence-electron chi connectivity index (χ3n) is 5.39. The number of piperidine rings is 1. The average Bonchev–Trinajstić information content (AvgIpc) is 3.14. The van der Waals surface area contributed by atoms with Crippen LogP contribution in [-0.2, 0) is 11.3 Å². The number of likely N-dealkylation sites (tertiary alicyclic amines) is 1. The molecule has 2 atom stereocenters. The lowest BCUT2D eigenvalue weighted by Gasteiger charge is -2.35. The Labute approximate surface area is 187 Å². The highest BCUT2D eigenvalue weighted by molar-refractivity contribution is 5.72. The molecule has 2 unspecified atom stereocenters. The average molecular weight is 440 g/mol. The first-order chi connectivity index (χ1) is 15.2. The Morgan fingerprint density at radius 2 is 2.00 bits per heavy atom. The van der Waals surface area contributed by atoms with E-state index < -0.39 is 17.8 Å². The Balaban J connectivity index is 1.45. The second kappa shape index (κ2) is 8.74. The number of methoxy groups -OCH3 is 1. The number of benzene rings is 1. The molecule has 1 saturated heterocycles. The van der Waals surface area contributed by atoms with Gasteiger partial charge in [0.25, 0.3) is 0 Å². The standard InChI is InChI=1S/C23H29N5O4/c1-23(2,3)32-22(30)27-10-9-18(19(29)14-27)21-24-11-16-13-28(26-20(16)25-21)12-15-5-7-17(31-4)8-6-15/h5-8,11,13,18-19,29H,9-10,12,14H2,1-4H3. The molecule has 1 N–H and O–H groups in total. The largest absolute Gasteiger partial charge is 0.497 e. The van der Waals surface area contributed by atoms with Gasteiger partial charge in [-0.3, -0.25) is 4.68 Å². The molecule has 0 spiro atoms. The second-order valence-corrected chi connectivity index (χ2v) is 9.07. The van der Waals surface area contributed by atoms with Crippen LogP contribution in [0.3, 0.4) is 0 Å². The molecule has 9 nitrogen and oxygen atoms in total.